The maximum absolute atomic E-state index is 10.9. The Labute approximate surface area is 92.8 Å². The van der Waals surface area contributed by atoms with Gasteiger partial charge in [-0.2, -0.15) is 0 Å². The zero-order valence-electron chi connectivity index (χ0n) is 8.50. The van der Waals surface area contributed by atoms with E-state index in [4.69, 9.17) is 4.74 Å². The van der Waals surface area contributed by atoms with Gasteiger partial charge in [-0.15, -0.1) is 0 Å². The molecule has 4 unspecified atom stereocenters. The molecule has 3 heteroatoms. The minimum absolute atomic E-state index is 0.200. The molecule has 0 bridgehead atoms. The fraction of sp³-hybridized carbons (Fsp3) is 0.727. The van der Waals surface area contributed by atoms with Gasteiger partial charge in [0.15, 0.2) is 0 Å². The number of fused-ring (bicyclic) bond motifs is 1. The molecule has 2 nitrogen and oxygen atoms in total. The van der Waals surface area contributed by atoms with Crippen LogP contribution in [0.5, 0.6) is 0 Å². The summed E-state index contributed by atoms with van der Waals surface area (Å²) in [4.78, 5) is 11.4. The molecule has 0 aromatic heterocycles. The first kappa shape index (κ1) is 10.2. The van der Waals surface area contributed by atoms with Gasteiger partial charge >= 0.3 is 5.97 Å². The first-order valence-corrected chi connectivity index (χ1v) is 6.05. The molecule has 2 aliphatic carbocycles. The molecule has 2 aliphatic rings. The Hall–Kier alpha value is -0.310. The SMILES string of the molecule is CC(=O)OC1=CC2C(Br)CCC2C1C. The summed E-state index contributed by atoms with van der Waals surface area (Å²) < 4.78 is 5.21. The van der Waals surface area contributed by atoms with Crippen LogP contribution in [0.25, 0.3) is 0 Å². The van der Waals surface area contributed by atoms with Crippen molar-refractivity contribution in [3.05, 3.63) is 11.8 Å². The molecule has 0 amide bonds. The van der Waals surface area contributed by atoms with E-state index in [1.54, 1.807) is 0 Å². The molecule has 78 valence electrons. The van der Waals surface area contributed by atoms with Gasteiger partial charge in [-0.05, 0) is 30.8 Å². The molecule has 1 fully saturated rings. The lowest BCUT2D eigenvalue weighted by molar-refractivity contribution is -0.137. The van der Waals surface area contributed by atoms with Crippen LogP contribution in [-0.4, -0.2) is 10.8 Å². The Kier molecular flexibility index (Phi) is 2.69. The van der Waals surface area contributed by atoms with Gasteiger partial charge in [0.2, 0.25) is 0 Å². The lowest BCUT2D eigenvalue weighted by Crippen LogP contribution is -2.13. The normalized spacial score (nSPS) is 40.6. The van der Waals surface area contributed by atoms with Crippen molar-refractivity contribution < 1.29 is 9.53 Å². The van der Waals surface area contributed by atoms with Crippen LogP contribution in [0, 0.1) is 17.8 Å². The van der Waals surface area contributed by atoms with Crippen molar-refractivity contribution in [3.63, 3.8) is 0 Å². The van der Waals surface area contributed by atoms with Crippen LogP contribution in [0.2, 0.25) is 0 Å². The lowest BCUT2D eigenvalue weighted by atomic mass is 9.92. The Morgan fingerprint density at radius 1 is 1.57 bits per heavy atom. The molecule has 0 spiro atoms. The highest BCUT2D eigenvalue weighted by atomic mass is 79.9. The smallest absolute Gasteiger partial charge is 0.307 e. The topological polar surface area (TPSA) is 26.3 Å². The van der Waals surface area contributed by atoms with Gasteiger partial charge in [-0.1, -0.05) is 22.9 Å². The second-order valence-electron chi connectivity index (χ2n) is 4.29. The summed E-state index contributed by atoms with van der Waals surface area (Å²) in [6.45, 7) is 3.62. The first-order chi connectivity index (χ1) is 6.59. The van der Waals surface area contributed by atoms with Crippen molar-refractivity contribution in [2.24, 2.45) is 17.8 Å². The third-order valence-electron chi connectivity index (χ3n) is 3.40. The molecule has 14 heavy (non-hydrogen) atoms. The maximum atomic E-state index is 10.9. The molecule has 0 aliphatic heterocycles. The minimum Gasteiger partial charge on any atom is -0.431 e. The largest absolute Gasteiger partial charge is 0.431 e. The van der Waals surface area contributed by atoms with Gasteiger partial charge in [0.1, 0.15) is 5.76 Å². The summed E-state index contributed by atoms with van der Waals surface area (Å²) in [6.07, 6.45) is 4.62. The minimum atomic E-state index is -0.200. The fourth-order valence-electron chi connectivity index (χ4n) is 2.66. The number of allylic oxidation sites excluding steroid dienone is 2. The molecule has 4 atom stereocenters. The van der Waals surface area contributed by atoms with Crippen molar-refractivity contribution in [1.82, 2.24) is 0 Å². The molecule has 0 N–H and O–H groups in total. The molecule has 0 aromatic carbocycles. The summed E-state index contributed by atoms with van der Waals surface area (Å²) in [5, 5.41) is 0. The number of ether oxygens (including phenoxy) is 1. The van der Waals surface area contributed by atoms with E-state index in [2.05, 4.69) is 28.9 Å². The van der Waals surface area contributed by atoms with E-state index in [9.17, 15) is 4.79 Å². The lowest BCUT2D eigenvalue weighted by Gasteiger charge is -2.16. The maximum Gasteiger partial charge on any atom is 0.307 e. The molecule has 0 heterocycles. The molecule has 2 rings (SSSR count). The van der Waals surface area contributed by atoms with Gasteiger partial charge in [-0.25, -0.2) is 0 Å². The van der Waals surface area contributed by atoms with Gasteiger partial charge in [0.25, 0.3) is 0 Å². The molecule has 1 saturated carbocycles. The number of halogens is 1. The highest BCUT2D eigenvalue weighted by Gasteiger charge is 2.43. The number of carbonyl (C=O) groups is 1. The monoisotopic (exact) mass is 258 g/mol. The Morgan fingerprint density at radius 3 is 2.86 bits per heavy atom. The molecular formula is C11H15BrO2. The average molecular weight is 259 g/mol. The van der Waals surface area contributed by atoms with Crippen molar-refractivity contribution >= 4 is 21.9 Å². The third-order valence-corrected chi connectivity index (χ3v) is 4.47. The standard InChI is InChI=1S/C11H15BrO2/c1-6-8-3-4-10(12)9(8)5-11(6)14-7(2)13/h5-6,8-10H,3-4H2,1-2H3. The third kappa shape index (κ3) is 1.62. The quantitative estimate of drug-likeness (QED) is 0.534. The van der Waals surface area contributed by atoms with Crippen LogP contribution < -0.4 is 0 Å². The van der Waals surface area contributed by atoms with Crippen LogP contribution >= 0.6 is 15.9 Å². The number of esters is 1. The Morgan fingerprint density at radius 2 is 2.29 bits per heavy atom. The van der Waals surface area contributed by atoms with Crippen LogP contribution in [0.4, 0.5) is 0 Å². The second-order valence-corrected chi connectivity index (χ2v) is 5.46. The molecule has 0 radical (unpaired) electrons. The van der Waals surface area contributed by atoms with Crippen LogP contribution in [0.3, 0.4) is 0 Å². The zero-order chi connectivity index (χ0) is 10.3. The van der Waals surface area contributed by atoms with Gasteiger partial charge in [-0.3, -0.25) is 4.79 Å². The summed E-state index contributed by atoms with van der Waals surface area (Å²) in [5.41, 5.74) is 0. The number of carbonyl (C=O) groups excluding carboxylic acids is 1. The second kappa shape index (κ2) is 3.69. The number of hydrogen-bond donors (Lipinski definition) is 0. The van der Waals surface area contributed by atoms with Gasteiger partial charge < -0.3 is 4.74 Å². The first-order valence-electron chi connectivity index (χ1n) is 5.14. The zero-order valence-corrected chi connectivity index (χ0v) is 10.1. The van der Waals surface area contributed by atoms with Gasteiger partial charge in [0.05, 0.1) is 0 Å². The van der Waals surface area contributed by atoms with E-state index in [1.807, 2.05) is 0 Å². The number of alkyl halides is 1. The predicted molar refractivity (Wildman–Crippen MR) is 57.9 cm³/mol. The van der Waals surface area contributed by atoms with E-state index < -0.39 is 0 Å². The Bertz CT molecular complexity index is 285. The summed E-state index contributed by atoms with van der Waals surface area (Å²) in [6, 6.07) is 0. The Balaban J connectivity index is 2.13. The average Bonchev–Trinajstić information content (AvgIpc) is 2.57. The van der Waals surface area contributed by atoms with Crippen molar-refractivity contribution in [2.75, 3.05) is 0 Å². The summed E-state index contributed by atoms with van der Waals surface area (Å²) >= 11 is 3.68. The van der Waals surface area contributed by atoms with Crippen LogP contribution in [-0.2, 0) is 9.53 Å². The summed E-state index contributed by atoms with van der Waals surface area (Å²) in [7, 11) is 0. The molecular weight excluding hydrogens is 244 g/mol. The van der Waals surface area contributed by atoms with E-state index in [1.165, 1.54) is 19.8 Å². The highest BCUT2D eigenvalue weighted by molar-refractivity contribution is 9.09. The highest BCUT2D eigenvalue weighted by Crippen LogP contribution is 2.49. The predicted octanol–water partition coefficient (Wildman–Crippen LogP) is 2.87. The number of rotatable bonds is 1. The fourth-order valence-corrected chi connectivity index (χ4v) is 3.47. The van der Waals surface area contributed by atoms with Crippen molar-refractivity contribution in [3.8, 4) is 0 Å². The van der Waals surface area contributed by atoms with Gasteiger partial charge in [0, 0.05) is 17.7 Å². The van der Waals surface area contributed by atoms with E-state index in [-0.39, 0.29) is 5.97 Å². The van der Waals surface area contributed by atoms with E-state index in [0.717, 1.165) is 5.76 Å². The molecule has 0 aromatic rings. The van der Waals surface area contributed by atoms with E-state index >= 15 is 0 Å². The van der Waals surface area contributed by atoms with Crippen LogP contribution in [0.15, 0.2) is 11.8 Å². The van der Waals surface area contributed by atoms with E-state index in [0.29, 0.717) is 22.6 Å². The van der Waals surface area contributed by atoms with Crippen molar-refractivity contribution in [1.29, 1.82) is 0 Å². The van der Waals surface area contributed by atoms with Crippen molar-refractivity contribution in [2.45, 2.75) is 31.5 Å². The molecule has 0 saturated heterocycles. The number of hydrogen-bond acceptors (Lipinski definition) is 2. The van der Waals surface area contributed by atoms with Crippen LogP contribution in [0.1, 0.15) is 26.7 Å². The summed E-state index contributed by atoms with van der Waals surface area (Å²) in [5.74, 6) is 2.34.